The zero-order chi connectivity index (χ0) is 18.0. The van der Waals surface area contributed by atoms with Crippen molar-refractivity contribution in [3.63, 3.8) is 0 Å². The average molecular weight is 368 g/mol. The minimum atomic E-state index is -3.88. The van der Waals surface area contributed by atoms with Gasteiger partial charge in [-0.2, -0.15) is 0 Å². The van der Waals surface area contributed by atoms with Crippen LogP contribution in [0.5, 0.6) is 0 Å². The molecule has 130 valence electrons. The van der Waals surface area contributed by atoms with Crippen molar-refractivity contribution < 1.29 is 16.8 Å². The molecule has 0 saturated carbocycles. The van der Waals surface area contributed by atoms with E-state index in [1.165, 1.54) is 25.2 Å². The fourth-order valence-electron chi connectivity index (χ4n) is 2.08. The van der Waals surface area contributed by atoms with Crippen LogP contribution in [0.2, 0.25) is 0 Å². The third-order valence-electron chi connectivity index (χ3n) is 3.52. The summed E-state index contributed by atoms with van der Waals surface area (Å²) in [6, 6.07) is 12.3. The normalized spacial score (nSPS) is 12.3. The van der Waals surface area contributed by atoms with Crippen LogP contribution in [0.4, 0.5) is 5.69 Å². The fraction of sp³-hybridized carbons (Fsp3) is 0.250. The molecule has 0 atom stereocenters. The summed E-state index contributed by atoms with van der Waals surface area (Å²) in [5.74, 6) is 0.346. The van der Waals surface area contributed by atoms with Crippen LogP contribution in [0.15, 0.2) is 58.3 Å². The van der Waals surface area contributed by atoms with E-state index in [0.29, 0.717) is 11.6 Å². The Morgan fingerprint density at radius 2 is 1.38 bits per heavy atom. The van der Waals surface area contributed by atoms with E-state index in [9.17, 15) is 16.8 Å². The second kappa shape index (κ2) is 6.92. The van der Waals surface area contributed by atoms with Crippen LogP contribution in [-0.2, 0) is 20.0 Å². The van der Waals surface area contributed by atoms with Gasteiger partial charge < -0.3 is 0 Å². The number of rotatable bonds is 6. The lowest BCUT2D eigenvalue weighted by atomic mass is 10.0. The molecule has 0 saturated heterocycles. The third-order valence-corrected chi connectivity index (χ3v) is 6.32. The molecule has 0 heterocycles. The van der Waals surface area contributed by atoms with Gasteiger partial charge in [-0.3, -0.25) is 4.72 Å². The van der Waals surface area contributed by atoms with E-state index in [0.717, 1.165) is 11.6 Å². The SMILES string of the molecule is CNS(=O)(=O)c1cccc(S(=O)(=O)Nc2ccc(C(C)C)cc2)c1. The van der Waals surface area contributed by atoms with Crippen molar-refractivity contribution in [2.45, 2.75) is 29.6 Å². The summed E-state index contributed by atoms with van der Waals surface area (Å²) in [7, 11) is -6.32. The Kier molecular flexibility index (Phi) is 5.32. The zero-order valence-electron chi connectivity index (χ0n) is 13.6. The fourth-order valence-corrected chi connectivity index (χ4v) is 4.03. The van der Waals surface area contributed by atoms with Crippen molar-refractivity contribution in [2.24, 2.45) is 0 Å². The van der Waals surface area contributed by atoms with Crippen molar-refractivity contribution in [3.05, 3.63) is 54.1 Å². The third kappa shape index (κ3) is 4.14. The zero-order valence-corrected chi connectivity index (χ0v) is 15.3. The van der Waals surface area contributed by atoms with Gasteiger partial charge in [0.2, 0.25) is 10.0 Å². The summed E-state index contributed by atoms with van der Waals surface area (Å²) in [5, 5.41) is 0. The van der Waals surface area contributed by atoms with Gasteiger partial charge in [-0.1, -0.05) is 32.0 Å². The molecule has 0 amide bonds. The van der Waals surface area contributed by atoms with E-state index in [4.69, 9.17) is 0 Å². The molecule has 0 spiro atoms. The van der Waals surface area contributed by atoms with Crippen LogP contribution in [0, 0.1) is 0 Å². The summed E-state index contributed by atoms with van der Waals surface area (Å²) < 4.78 is 53.2. The lowest BCUT2D eigenvalue weighted by molar-refractivity contribution is 0.588. The molecule has 6 nitrogen and oxygen atoms in total. The van der Waals surface area contributed by atoms with Crippen LogP contribution >= 0.6 is 0 Å². The van der Waals surface area contributed by atoms with Crippen LogP contribution in [0.25, 0.3) is 0 Å². The maximum atomic E-state index is 12.5. The highest BCUT2D eigenvalue weighted by molar-refractivity contribution is 7.93. The van der Waals surface area contributed by atoms with Crippen molar-refractivity contribution in [3.8, 4) is 0 Å². The summed E-state index contributed by atoms with van der Waals surface area (Å²) in [6.07, 6.45) is 0. The minimum Gasteiger partial charge on any atom is -0.280 e. The quantitative estimate of drug-likeness (QED) is 0.819. The molecule has 0 radical (unpaired) electrons. The molecule has 24 heavy (non-hydrogen) atoms. The van der Waals surface area contributed by atoms with Crippen LogP contribution < -0.4 is 9.44 Å². The molecule has 0 fully saturated rings. The summed E-state index contributed by atoms with van der Waals surface area (Å²) in [5.41, 5.74) is 1.52. The molecule has 0 bridgehead atoms. The number of nitrogens with one attached hydrogen (secondary N) is 2. The van der Waals surface area contributed by atoms with Gasteiger partial charge >= 0.3 is 0 Å². The second-order valence-electron chi connectivity index (χ2n) is 5.56. The highest BCUT2D eigenvalue weighted by Gasteiger charge is 2.18. The molecule has 0 aliphatic carbocycles. The Hall–Kier alpha value is -1.90. The Morgan fingerprint density at radius 1 is 0.833 bits per heavy atom. The van der Waals surface area contributed by atoms with Crippen molar-refractivity contribution in [2.75, 3.05) is 11.8 Å². The van der Waals surface area contributed by atoms with Gasteiger partial charge in [-0.25, -0.2) is 21.6 Å². The molecule has 0 aromatic heterocycles. The van der Waals surface area contributed by atoms with Gasteiger partial charge in [0.05, 0.1) is 9.79 Å². The first-order chi connectivity index (χ1) is 11.2. The van der Waals surface area contributed by atoms with Crippen LogP contribution in [-0.4, -0.2) is 23.9 Å². The van der Waals surface area contributed by atoms with Crippen LogP contribution in [0.1, 0.15) is 25.3 Å². The van der Waals surface area contributed by atoms with E-state index in [-0.39, 0.29) is 9.79 Å². The van der Waals surface area contributed by atoms with E-state index < -0.39 is 20.0 Å². The molecule has 2 aromatic rings. The number of benzene rings is 2. The predicted molar refractivity (Wildman–Crippen MR) is 94.0 cm³/mol. The average Bonchev–Trinajstić information content (AvgIpc) is 2.55. The molecule has 0 aliphatic heterocycles. The Bertz CT molecular complexity index is 919. The van der Waals surface area contributed by atoms with E-state index >= 15 is 0 Å². The predicted octanol–water partition coefficient (Wildman–Crippen LogP) is 2.52. The summed E-state index contributed by atoms with van der Waals surface area (Å²) >= 11 is 0. The molecule has 2 aromatic carbocycles. The summed E-state index contributed by atoms with van der Waals surface area (Å²) in [6.45, 7) is 4.10. The number of hydrogen-bond acceptors (Lipinski definition) is 4. The van der Waals surface area contributed by atoms with Gasteiger partial charge in [0.25, 0.3) is 10.0 Å². The molecule has 0 unspecified atom stereocenters. The first-order valence-corrected chi connectivity index (χ1v) is 10.3. The van der Waals surface area contributed by atoms with Crippen LogP contribution in [0.3, 0.4) is 0 Å². The molecule has 2 N–H and O–H groups in total. The maximum absolute atomic E-state index is 12.5. The van der Waals surface area contributed by atoms with Gasteiger partial charge in [0.1, 0.15) is 0 Å². The van der Waals surface area contributed by atoms with Crippen molar-refractivity contribution >= 4 is 25.7 Å². The standard InChI is InChI=1S/C16H20N2O4S2/c1-12(2)13-7-9-14(10-8-13)18-24(21,22)16-6-4-5-15(11-16)23(19,20)17-3/h4-12,17-18H,1-3H3. The lowest BCUT2D eigenvalue weighted by Gasteiger charge is -2.11. The molecule has 2 rings (SSSR count). The van der Waals surface area contributed by atoms with Gasteiger partial charge in [0, 0.05) is 5.69 Å². The van der Waals surface area contributed by atoms with Crippen molar-refractivity contribution in [1.29, 1.82) is 0 Å². The Balaban J connectivity index is 2.32. The molecular weight excluding hydrogens is 348 g/mol. The number of sulfonamides is 2. The lowest BCUT2D eigenvalue weighted by Crippen LogP contribution is -2.19. The molecule has 0 aliphatic rings. The van der Waals surface area contributed by atoms with E-state index in [1.54, 1.807) is 12.1 Å². The van der Waals surface area contributed by atoms with Crippen molar-refractivity contribution in [1.82, 2.24) is 4.72 Å². The van der Waals surface area contributed by atoms with E-state index in [2.05, 4.69) is 9.44 Å². The Morgan fingerprint density at radius 3 is 1.88 bits per heavy atom. The van der Waals surface area contributed by atoms with Gasteiger partial charge in [0.15, 0.2) is 0 Å². The monoisotopic (exact) mass is 368 g/mol. The largest absolute Gasteiger partial charge is 0.280 e. The van der Waals surface area contributed by atoms with E-state index in [1.807, 2.05) is 26.0 Å². The maximum Gasteiger partial charge on any atom is 0.261 e. The second-order valence-corrected chi connectivity index (χ2v) is 9.13. The first kappa shape index (κ1) is 18.4. The Labute approximate surface area is 143 Å². The van der Waals surface area contributed by atoms with Gasteiger partial charge in [-0.15, -0.1) is 0 Å². The van der Waals surface area contributed by atoms with Gasteiger partial charge in [-0.05, 0) is 48.9 Å². The highest BCUT2D eigenvalue weighted by Crippen LogP contribution is 2.21. The summed E-state index contributed by atoms with van der Waals surface area (Å²) in [4.78, 5) is -0.227. The highest BCUT2D eigenvalue weighted by atomic mass is 32.2. The first-order valence-electron chi connectivity index (χ1n) is 7.32. The minimum absolute atomic E-state index is 0.108. The molecular formula is C16H20N2O4S2. The molecule has 8 heteroatoms. The topological polar surface area (TPSA) is 92.3 Å². The number of hydrogen-bond donors (Lipinski definition) is 2. The smallest absolute Gasteiger partial charge is 0.261 e. The number of anilines is 1.